The largest absolute Gasteiger partial charge is 0.444 e. The van der Waals surface area contributed by atoms with Crippen molar-refractivity contribution in [3.8, 4) is 0 Å². The van der Waals surface area contributed by atoms with Crippen LogP contribution in [-0.4, -0.2) is 35.5 Å². The Kier molecular flexibility index (Phi) is 9.42. The molecule has 0 aliphatic carbocycles. The summed E-state index contributed by atoms with van der Waals surface area (Å²) in [7, 11) is 0. The molecule has 4 N–H and O–H groups in total. The molecule has 0 aromatic heterocycles. The van der Waals surface area contributed by atoms with Gasteiger partial charge in [0.05, 0.1) is 12.1 Å². The van der Waals surface area contributed by atoms with Crippen LogP contribution in [-0.2, 0) is 4.74 Å². The fraction of sp³-hybridized carbons (Fsp3) is 0.917. The first-order valence-electron chi connectivity index (χ1n) is 6.03. The number of carbonyl (C=O) groups is 1. The Morgan fingerprint density at radius 1 is 1.39 bits per heavy atom. The monoisotopic (exact) mass is 282 g/mol. The van der Waals surface area contributed by atoms with Gasteiger partial charge < -0.3 is 20.9 Å². The van der Waals surface area contributed by atoms with Crippen molar-refractivity contribution in [2.24, 2.45) is 11.7 Å². The number of carbonyl (C=O) groups excluding carboxylic acids is 1. The predicted molar refractivity (Wildman–Crippen MR) is 74.9 cm³/mol. The van der Waals surface area contributed by atoms with E-state index in [1.165, 1.54) is 0 Å². The molecule has 0 heterocycles. The van der Waals surface area contributed by atoms with Gasteiger partial charge in [0.25, 0.3) is 0 Å². The van der Waals surface area contributed by atoms with E-state index in [1.807, 2.05) is 13.8 Å². The third-order valence-electron chi connectivity index (χ3n) is 2.13. The molecule has 0 spiro atoms. The summed E-state index contributed by atoms with van der Waals surface area (Å²) in [5.74, 6) is 0.358. The van der Waals surface area contributed by atoms with Gasteiger partial charge in [0.1, 0.15) is 5.60 Å². The maximum absolute atomic E-state index is 11.6. The molecule has 6 heteroatoms. The van der Waals surface area contributed by atoms with E-state index in [2.05, 4.69) is 5.32 Å². The fourth-order valence-corrected chi connectivity index (χ4v) is 1.44. The number of nitrogens with one attached hydrogen (secondary N) is 1. The molecule has 0 saturated heterocycles. The second-order valence-corrected chi connectivity index (χ2v) is 5.69. The van der Waals surface area contributed by atoms with Gasteiger partial charge in [-0.15, -0.1) is 12.4 Å². The van der Waals surface area contributed by atoms with Crippen molar-refractivity contribution in [3.05, 3.63) is 0 Å². The summed E-state index contributed by atoms with van der Waals surface area (Å²) in [6.07, 6.45) is -0.599. The molecule has 1 amide bonds. The Morgan fingerprint density at radius 2 is 1.89 bits per heavy atom. The molecule has 0 fully saturated rings. The van der Waals surface area contributed by atoms with Crippen LogP contribution in [0.25, 0.3) is 0 Å². The summed E-state index contributed by atoms with van der Waals surface area (Å²) in [6, 6.07) is -0.366. The van der Waals surface area contributed by atoms with Crippen LogP contribution < -0.4 is 11.1 Å². The summed E-state index contributed by atoms with van der Waals surface area (Å²) in [5, 5.41) is 12.4. The van der Waals surface area contributed by atoms with E-state index in [4.69, 9.17) is 10.5 Å². The Morgan fingerprint density at radius 3 is 2.22 bits per heavy atom. The number of ether oxygens (including phenoxy) is 1. The summed E-state index contributed by atoms with van der Waals surface area (Å²) < 4.78 is 5.14. The number of aliphatic hydroxyl groups excluding tert-OH is 1. The molecule has 0 aliphatic rings. The molecule has 5 nitrogen and oxygen atoms in total. The first kappa shape index (κ1) is 19.8. The van der Waals surface area contributed by atoms with Crippen LogP contribution in [0.3, 0.4) is 0 Å². The third kappa shape index (κ3) is 9.50. The van der Waals surface area contributed by atoms with Crippen molar-refractivity contribution in [1.29, 1.82) is 0 Å². The quantitative estimate of drug-likeness (QED) is 0.716. The number of rotatable bonds is 5. The van der Waals surface area contributed by atoms with Crippen molar-refractivity contribution in [2.45, 2.75) is 58.8 Å². The molecular weight excluding hydrogens is 256 g/mol. The van der Waals surface area contributed by atoms with Gasteiger partial charge in [-0.1, -0.05) is 13.8 Å². The first-order chi connectivity index (χ1) is 7.65. The Balaban J connectivity index is 0. The van der Waals surface area contributed by atoms with Crippen molar-refractivity contribution in [2.75, 3.05) is 6.54 Å². The van der Waals surface area contributed by atoms with Crippen LogP contribution in [0.15, 0.2) is 0 Å². The van der Waals surface area contributed by atoms with Crippen LogP contribution in [0, 0.1) is 5.92 Å². The smallest absolute Gasteiger partial charge is 0.407 e. The molecule has 2 atom stereocenters. The molecule has 0 aromatic carbocycles. The standard InChI is InChI=1S/C12H26N2O3.ClH/c1-8(2)6-9(10(15)7-13)14-11(16)17-12(3,4)5;/h8-10,15H,6-7,13H2,1-5H3,(H,14,16);1H/t9-,10-;/m0./s1. The molecule has 0 unspecified atom stereocenters. The van der Waals surface area contributed by atoms with Gasteiger partial charge in [-0.3, -0.25) is 0 Å². The van der Waals surface area contributed by atoms with Crippen LogP contribution in [0.5, 0.6) is 0 Å². The minimum atomic E-state index is -0.745. The van der Waals surface area contributed by atoms with Gasteiger partial charge in [-0.2, -0.15) is 0 Å². The zero-order valence-corrected chi connectivity index (χ0v) is 12.7. The highest BCUT2D eigenvalue weighted by Crippen LogP contribution is 2.11. The molecule has 110 valence electrons. The minimum Gasteiger partial charge on any atom is -0.444 e. The summed E-state index contributed by atoms with van der Waals surface area (Å²) in [4.78, 5) is 11.6. The van der Waals surface area contributed by atoms with Crippen LogP contribution in [0.1, 0.15) is 41.0 Å². The number of amides is 1. The maximum Gasteiger partial charge on any atom is 0.407 e. The predicted octanol–water partition coefficient (Wildman–Crippen LogP) is 1.67. The van der Waals surface area contributed by atoms with Crippen LogP contribution in [0.2, 0.25) is 0 Å². The highest BCUT2D eigenvalue weighted by molar-refractivity contribution is 5.85. The molecule has 0 saturated carbocycles. The zero-order valence-electron chi connectivity index (χ0n) is 11.9. The van der Waals surface area contributed by atoms with Gasteiger partial charge in [-0.05, 0) is 33.1 Å². The third-order valence-corrected chi connectivity index (χ3v) is 2.13. The number of halogens is 1. The second kappa shape index (κ2) is 8.56. The maximum atomic E-state index is 11.6. The van der Waals surface area contributed by atoms with Crippen LogP contribution >= 0.6 is 12.4 Å². The molecule has 0 radical (unpaired) electrons. The van der Waals surface area contributed by atoms with Gasteiger partial charge in [-0.25, -0.2) is 4.79 Å². The Labute approximate surface area is 116 Å². The van der Waals surface area contributed by atoms with Gasteiger partial charge in [0, 0.05) is 6.54 Å². The molecule has 0 aromatic rings. The van der Waals surface area contributed by atoms with Gasteiger partial charge in [0.15, 0.2) is 0 Å². The lowest BCUT2D eigenvalue weighted by molar-refractivity contribution is 0.0413. The van der Waals surface area contributed by atoms with E-state index < -0.39 is 17.8 Å². The van der Waals surface area contributed by atoms with Crippen molar-refractivity contribution in [1.82, 2.24) is 5.32 Å². The number of hydrogen-bond acceptors (Lipinski definition) is 4. The molecule has 0 bridgehead atoms. The average molecular weight is 283 g/mol. The summed E-state index contributed by atoms with van der Waals surface area (Å²) in [6.45, 7) is 9.55. The number of hydrogen-bond donors (Lipinski definition) is 3. The topological polar surface area (TPSA) is 84.6 Å². The Bertz CT molecular complexity index is 242. The normalized spacial score (nSPS) is 14.7. The molecule has 0 rings (SSSR count). The van der Waals surface area contributed by atoms with Crippen LogP contribution in [0.4, 0.5) is 4.79 Å². The lowest BCUT2D eigenvalue weighted by atomic mass is 9.99. The number of alkyl carbamates (subject to hydrolysis) is 1. The fourth-order valence-electron chi connectivity index (χ4n) is 1.44. The van der Waals surface area contributed by atoms with E-state index in [9.17, 15) is 9.90 Å². The molecular formula is C12H27ClN2O3. The zero-order chi connectivity index (χ0) is 13.6. The number of aliphatic hydroxyl groups is 1. The lowest BCUT2D eigenvalue weighted by Crippen LogP contribution is -2.48. The highest BCUT2D eigenvalue weighted by Gasteiger charge is 2.24. The van der Waals surface area contributed by atoms with E-state index in [0.29, 0.717) is 12.3 Å². The SMILES string of the molecule is CC(C)C[C@H](NC(=O)OC(C)(C)C)[C@@H](O)CN.Cl. The van der Waals surface area contributed by atoms with Crippen molar-refractivity contribution in [3.63, 3.8) is 0 Å². The summed E-state index contributed by atoms with van der Waals surface area (Å²) in [5.41, 5.74) is 4.87. The van der Waals surface area contributed by atoms with E-state index >= 15 is 0 Å². The van der Waals surface area contributed by atoms with Gasteiger partial charge in [0.2, 0.25) is 0 Å². The highest BCUT2D eigenvalue weighted by atomic mass is 35.5. The van der Waals surface area contributed by atoms with E-state index in [1.54, 1.807) is 20.8 Å². The summed E-state index contributed by atoms with van der Waals surface area (Å²) >= 11 is 0. The molecule has 18 heavy (non-hydrogen) atoms. The minimum absolute atomic E-state index is 0. The number of nitrogens with two attached hydrogens (primary N) is 1. The average Bonchev–Trinajstić information content (AvgIpc) is 2.11. The van der Waals surface area contributed by atoms with Gasteiger partial charge >= 0.3 is 6.09 Å². The first-order valence-corrected chi connectivity index (χ1v) is 6.03. The lowest BCUT2D eigenvalue weighted by Gasteiger charge is -2.27. The van der Waals surface area contributed by atoms with E-state index in [0.717, 1.165) is 0 Å². The van der Waals surface area contributed by atoms with E-state index in [-0.39, 0.29) is 25.0 Å². The second-order valence-electron chi connectivity index (χ2n) is 5.69. The Hall–Kier alpha value is -0.520. The molecule has 0 aliphatic heterocycles. The van der Waals surface area contributed by atoms with Crippen molar-refractivity contribution >= 4 is 18.5 Å². The van der Waals surface area contributed by atoms with Crippen molar-refractivity contribution < 1.29 is 14.6 Å².